The number of aromatic nitrogens is 1. The van der Waals surface area contributed by atoms with Crippen molar-refractivity contribution in [1.29, 1.82) is 0 Å². The molecule has 3 aromatic rings. The second kappa shape index (κ2) is 5.22. The van der Waals surface area contributed by atoms with Crippen molar-refractivity contribution in [3.8, 4) is 0 Å². The number of nitrogens with zero attached hydrogens (tertiary/aromatic N) is 1. The lowest BCUT2D eigenvalue weighted by atomic mass is 10.1. The number of halogens is 1. The van der Waals surface area contributed by atoms with Crippen molar-refractivity contribution < 1.29 is 0 Å². The van der Waals surface area contributed by atoms with Crippen molar-refractivity contribution in [3.63, 3.8) is 0 Å². The smallest absolute Gasteiger partial charge is 0.0515 e. The van der Waals surface area contributed by atoms with Crippen molar-refractivity contribution in [1.82, 2.24) is 4.57 Å². The van der Waals surface area contributed by atoms with E-state index in [1.54, 1.807) is 0 Å². The zero-order valence-electron chi connectivity index (χ0n) is 10.9. The first kappa shape index (κ1) is 12.5. The summed E-state index contributed by atoms with van der Waals surface area (Å²) in [7, 11) is 0. The highest BCUT2D eigenvalue weighted by Crippen LogP contribution is 2.22. The molecule has 2 aromatic carbocycles. The Morgan fingerprint density at radius 2 is 1.89 bits per heavy atom. The normalized spacial score (nSPS) is 11.1. The van der Waals surface area contributed by atoms with E-state index in [0.717, 1.165) is 17.4 Å². The largest absolute Gasteiger partial charge is 0.343 e. The first-order valence-electron chi connectivity index (χ1n) is 6.59. The van der Waals surface area contributed by atoms with E-state index in [2.05, 4.69) is 82.1 Å². The molecule has 0 amide bonds. The van der Waals surface area contributed by atoms with E-state index in [0.29, 0.717) is 0 Å². The van der Waals surface area contributed by atoms with Gasteiger partial charge in [0.25, 0.3) is 0 Å². The summed E-state index contributed by atoms with van der Waals surface area (Å²) in [5, 5.41) is 1.33. The summed E-state index contributed by atoms with van der Waals surface area (Å²) in [6, 6.07) is 17.3. The molecule has 0 aliphatic carbocycles. The van der Waals surface area contributed by atoms with Crippen LogP contribution in [0.4, 0.5) is 0 Å². The van der Waals surface area contributed by atoms with Gasteiger partial charge in [-0.2, -0.15) is 0 Å². The molecule has 0 spiro atoms. The van der Waals surface area contributed by atoms with Crippen LogP contribution in [0.3, 0.4) is 0 Å². The molecule has 0 saturated heterocycles. The van der Waals surface area contributed by atoms with Crippen LogP contribution in [0, 0.1) is 0 Å². The van der Waals surface area contributed by atoms with E-state index in [4.69, 9.17) is 0 Å². The molecule has 0 fully saturated rings. The standard InChI is InChI=1S/C17H16BrN/c1-2-14-6-4-7-15-9-10-19(17(14)15)12-13-5-3-8-16(18)11-13/h3-11H,2,12H2,1H3. The van der Waals surface area contributed by atoms with Gasteiger partial charge in [0, 0.05) is 17.2 Å². The van der Waals surface area contributed by atoms with Crippen LogP contribution in [0.2, 0.25) is 0 Å². The van der Waals surface area contributed by atoms with Gasteiger partial charge in [-0.25, -0.2) is 0 Å². The quantitative estimate of drug-likeness (QED) is 0.640. The van der Waals surface area contributed by atoms with Crippen LogP contribution in [-0.4, -0.2) is 4.57 Å². The molecule has 0 aliphatic heterocycles. The molecular formula is C17H16BrN. The fourth-order valence-electron chi connectivity index (χ4n) is 2.59. The van der Waals surface area contributed by atoms with E-state index < -0.39 is 0 Å². The van der Waals surface area contributed by atoms with Gasteiger partial charge < -0.3 is 4.57 Å². The highest BCUT2D eigenvalue weighted by atomic mass is 79.9. The Labute approximate surface area is 122 Å². The molecule has 0 aliphatic rings. The Balaban J connectivity index is 2.06. The maximum absolute atomic E-state index is 3.53. The topological polar surface area (TPSA) is 4.93 Å². The fraction of sp³-hybridized carbons (Fsp3) is 0.176. The van der Waals surface area contributed by atoms with Gasteiger partial charge in [0.2, 0.25) is 0 Å². The minimum Gasteiger partial charge on any atom is -0.343 e. The first-order valence-corrected chi connectivity index (χ1v) is 7.38. The van der Waals surface area contributed by atoms with Gasteiger partial charge in [0.1, 0.15) is 0 Å². The van der Waals surface area contributed by atoms with Crippen LogP contribution in [0.25, 0.3) is 10.9 Å². The van der Waals surface area contributed by atoms with Crippen molar-refractivity contribution in [2.24, 2.45) is 0 Å². The minimum absolute atomic E-state index is 0.917. The highest BCUT2D eigenvalue weighted by Gasteiger charge is 2.05. The average Bonchev–Trinajstić information content (AvgIpc) is 2.82. The minimum atomic E-state index is 0.917. The van der Waals surface area contributed by atoms with E-state index in [1.807, 2.05) is 0 Å². The van der Waals surface area contributed by atoms with Gasteiger partial charge in [-0.05, 0) is 41.1 Å². The molecule has 0 N–H and O–H groups in total. The predicted molar refractivity (Wildman–Crippen MR) is 84.6 cm³/mol. The number of benzene rings is 2. The number of hydrogen-bond donors (Lipinski definition) is 0. The van der Waals surface area contributed by atoms with Crippen molar-refractivity contribution in [2.45, 2.75) is 19.9 Å². The van der Waals surface area contributed by atoms with Gasteiger partial charge in [0.05, 0.1) is 5.52 Å². The molecule has 0 radical (unpaired) electrons. The van der Waals surface area contributed by atoms with E-state index >= 15 is 0 Å². The number of rotatable bonds is 3. The van der Waals surface area contributed by atoms with Crippen LogP contribution < -0.4 is 0 Å². The molecule has 96 valence electrons. The fourth-order valence-corrected chi connectivity index (χ4v) is 3.04. The van der Waals surface area contributed by atoms with Crippen LogP contribution >= 0.6 is 15.9 Å². The monoisotopic (exact) mass is 313 g/mol. The van der Waals surface area contributed by atoms with E-state index in [9.17, 15) is 0 Å². The molecule has 1 heterocycles. The third-order valence-electron chi connectivity index (χ3n) is 3.49. The van der Waals surface area contributed by atoms with Crippen LogP contribution in [0.15, 0.2) is 59.2 Å². The van der Waals surface area contributed by atoms with Crippen molar-refractivity contribution in [2.75, 3.05) is 0 Å². The molecule has 0 unspecified atom stereocenters. The zero-order chi connectivity index (χ0) is 13.2. The Kier molecular flexibility index (Phi) is 3.43. The predicted octanol–water partition coefficient (Wildman–Crippen LogP) is 5.01. The van der Waals surface area contributed by atoms with Crippen molar-refractivity contribution in [3.05, 3.63) is 70.3 Å². The average molecular weight is 314 g/mol. The molecule has 1 nitrogen and oxygen atoms in total. The number of hydrogen-bond acceptors (Lipinski definition) is 0. The molecule has 3 rings (SSSR count). The Hall–Kier alpha value is -1.54. The van der Waals surface area contributed by atoms with Gasteiger partial charge in [0.15, 0.2) is 0 Å². The Bertz CT molecular complexity index is 712. The maximum atomic E-state index is 3.53. The lowest BCUT2D eigenvalue weighted by molar-refractivity contribution is 0.831. The SMILES string of the molecule is CCc1cccc2ccn(Cc3cccc(Br)c3)c12. The Morgan fingerprint density at radius 3 is 2.68 bits per heavy atom. The summed E-state index contributed by atoms with van der Waals surface area (Å²) in [6.45, 7) is 3.13. The first-order chi connectivity index (χ1) is 9.28. The van der Waals surface area contributed by atoms with Crippen LogP contribution in [0.1, 0.15) is 18.1 Å². The molecular weight excluding hydrogens is 298 g/mol. The number of aryl methyl sites for hydroxylation is 1. The second-order valence-electron chi connectivity index (χ2n) is 4.78. The van der Waals surface area contributed by atoms with Gasteiger partial charge >= 0.3 is 0 Å². The summed E-state index contributed by atoms with van der Waals surface area (Å²) >= 11 is 3.53. The van der Waals surface area contributed by atoms with E-state index in [1.165, 1.54) is 22.0 Å². The summed E-state index contributed by atoms with van der Waals surface area (Å²) in [5.74, 6) is 0. The molecule has 0 atom stereocenters. The molecule has 1 aromatic heterocycles. The lowest BCUT2D eigenvalue weighted by Crippen LogP contribution is -1.99. The third-order valence-corrected chi connectivity index (χ3v) is 3.99. The summed E-state index contributed by atoms with van der Waals surface area (Å²) in [5.41, 5.74) is 4.10. The molecule has 0 saturated carbocycles. The molecule has 19 heavy (non-hydrogen) atoms. The van der Waals surface area contributed by atoms with Crippen LogP contribution in [0.5, 0.6) is 0 Å². The van der Waals surface area contributed by atoms with Crippen molar-refractivity contribution >= 4 is 26.8 Å². The number of fused-ring (bicyclic) bond motifs is 1. The van der Waals surface area contributed by atoms with Crippen LogP contribution in [-0.2, 0) is 13.0 Å². The zero-order valence-corrected chi connectivity index (χ0v) is 12.5. The van der Waals surface area contributed by atoms with Gasteiger partial charge in [-0.3, -0.25) is 0 Å². The Morgan fingerprint density at radius 1 is 1.05 bits per heavy atom. The van der Waals surface area contributed by atoms with E-state index in [-0.39, 0.29) is 0 Å². The second-order valence-corrected chi connectivity index (χ2v) is 5.70. The highest BCUT2D eigenvalue weighted by molar-refractivity contribution is 9.10. The number of para-hydroxylation sites is 1. The summed E-state index contributed by atoms with van der Waals surface area (Å²) in [6.07, 6.45) is 3.25. The molecule has 0 bridgehead atoms. The summed E-state index contributed by atoms with van der Waals surface area (Å²) < 4.78 is 3.48. The van der Waals surface area contributed by atoms with Gasteiger partial charge in [-0.15, -0.1) is 0 Å². The third kappa shape index (κ3) is 2.45. The van der Waals surface area contributed by atoms with Gasteiger partial charge in [-0.1, -0.05) is 53.2 Å². The summed E-state index contributed by atoms with van der Waals surface area (Å²) in [4.78, 5) is 0. The lowest BCUT2D eigenvalue weighted by Gasteiger charge is -2.09. The molecule has 2 heteroatoms. The maximum Gasteiger partial charge on any atom is 0.0515 e.